The Morgan fingerprint density at radius 1 is 1.44 bits per heavy atom. The summed E-state index contributed by atoms with van der Waals surface area (Å²) >= 11 is 0. The molecular formula is C13H19NO4. The van der Waals surface area contributed by atoms with Gasteiger partial charge in [-0.25, -0.2) is 4.79 Å². The smallest absolute Gasteiger partial charge is 0.344 e. The molecule has 1 rings (SSSR count). The van der Waals surface area contributed by atoms with Gasteiger partial charge in [-0.3, -0.25) is 0 Å². The van der Waals surface area contributed by atoms with Crippen molar-refractivity contribution in [3.8, 4) is 11.5 Å². The third kappa shape index (κ3) is 3.63. The molecule has 0 aromatic heterocycles. The monoisotopic (exact) mass is 253 g/mol. The number of carboxylic acid groups (broad SMARTS) is 1. The second-order valence-electron chi connectivity index (χ2n) is 3.87. The van der Waals surface area contributed by atoms with Gasteiger partial charge in [0.25, 0.3) is 0 Å². The summed E-state index contributed by atoms with van der Waals surface area (Å²) in [7, 11) is 3.39. The standard InChI is InChI=1S/C13H19NO4/c1-4-10(13(15)16)18-11-6-5-9(8-14-2)7-12(11)17-3/h5-7,10,14H,4,8H2,1-3H3,(H,15,16). The zero-order valence-electron chi connectivity index (χ0n) is 10.9. The van der Waals surface area contributed by atoms with Gasteiger partial charge in [-0.2, -0.15) is 0 Å². The predicted octanol–water partition coefficient (Wildman–Crippen LogP) is 1.66. The average Bonchev–Trinajstić information content (AvgIpc) is 2.36. The molecule has 18 heavy (non-hydrogen) atoms. The van der Waals surface area contributed by atoms with Crippen LogP contribution in [0.3, 0.4) is 0 Å². The van der Waals surface area contributed by atoms with Gasteiger partial charge in [-0.15, -0.1) is 0 Å². The molecule has 0 saturated heterocycles. The van der Waals surface area contributed by atoms with Gasteiger partial charge >= 0.3 is 5.97 Å². The van der Waals surface area contributed by atoms with Crippen molar-refractivity contribution in [3.05, 3.63) is 23.8 Å². The van der Waals surface area contributed by atoms with Gasteiger partial charge in [0, 0.05) is 6.54 Å². The van der Waals surface area contributed by atoms with Gasteiger partial charge in [0.1, 0.15) is 0 Å². The zero-order chi connectivity index (χ0) is 13.5. The minimum absolute atomic E-state index is 0.400. The molecule has 0 aliphatic heterocycles. The number of benzene rings is 1. The highest BCUT2D eigenvalue weighted by Crippen LogP contribution is 2.29. The zero-order valence-corrected chi connectivity index (χ0v) is 10.9. The van der Waals surface area contributed by atoms with E-state index in [4.69, 9.17) is 14.6 Å². The van der Waals surface area contributed by atoms with E-state index in [-0.39, 0.29) is 0 Å². The molecule has 0 heterocycles. The number of ether oxygens (including phenoxy) is 2. The lowest BCUT2D eigenvalue weighted by Gasteiger charge is -2.16. The van der Waals surface area contributed by atoms with Gasteiger partial charge in [-0.05, 0) is 31.2 Å². The lowest BCUT2D eigenvalue weighted by atomic mass is 10.2. The number of nitrogens with one attached hydrogen (secondary N) is 1. The van der Waals surface area contributed by atoms with E-state index in [1.54, 1.807) is 13.0 Å². The number of methoxy groups -OCH3 is 1. The van der Waals surface area contributed by atoms with Crippen molar-refractivity contribution < 1.29 is 19.4 Å². The first-order chi connectivity index (χ1) is 8.62. The van der Waals surface area contributed by atoms with E-state index in [0.717, 1.165) is 5.56 Å². The second kappa shape index (κ2) is 6.86. The summed E-state index contributed by atoms with van der Waals surface area (Å²) in [5.74, 6) is 0.0212. The summed E-state index contributed by atoms with van der Waals surface area (Å²) < 4.78 is 10.6. The number of aliphatic carboxylic acids is 1. The third-order valence-electron chi connectivity index (χ3n) is 2.52. The lowest BCUT2D eigenvalue weighted by Crippen LogP contribution is -2.26. The van der Waals surface area contributed by atoms with Crippen LogP contribution in [0.2, 0.25) is 0 Å². The van der Waals surface area contributed by atoms with Crippen molar-refractivity contribution in [1.29, 1.82) is 0 Å². The van der Waals surface area contributed by atoms with Crippen molar-refractivity contribution in [3.63, 3.8) is 0 Å². The minimum atomic E-state index is -0.973. The Bertz CT molecular complexity index is 406. The summed E-state index contributed by atoms with van der Waals surface area (Å²) in [5, 5.41) is 12.0. The van der Waals surface area contributed by atoms with Crippen molar-refractivity contribution in [2.24, 2.45) is 0 Å². The van der Waals surface area contributed by atoms with E-state index in [1.807, 2.05) is 19.2 Å². The molecule has 1 aromatic rings. The van der Waals surface area contributed by atoms with Gasteiger partial charge in [0.15, 0.2) is 17.6 Å². The number of hydrogen-bond acceptors (Lipinski definition) is 4. The Labute approximate surface area is 107 Å². The third-order valence-corrected chi connectivity index (χ3v) is 2.52. The predicted molar refractivity (Wildman–Crippen MR) is 68.1 cm³/mol. The molecule has 5 heteroatoms. The van der Waals surface area contributed by atoms with E-state index in [1.165, 1.54) is 7.11 Å². The van der Waals surface area contributed by atoms with Crippen LogP contribution >= 0.6 is 0 Å². The van der Waals surface area contributed by atoms with Crippen LogP contribution in [-0.2, 0) is 11.3 Å². The fourth-order valence-corrected chi connectivity index (χ4v) is 1.59. The van der Waals surface area contributed by atoms with Crippen LogP contribution in [0.5, 0.6) is 11.5 Å². The maximum Gasteiger partial charge on any atom is 0.344 e. The molecule has 0 bridgehead atoms. The highest BCUT2D eigenvalue weighted by Gasteiger charge is 2.18. The van der Waals surface area contributed by atoms with Crippen LogP contribution in [0.4, 0.5) is 0 Å². The Balaban J connectivity index is 2.91. The molecule has 2 N–H and O–H groups in total. The number of hydrogen-bond donors (Lipinski definition) is 2. The minimum Gasteiger partial charge on any atom is -0.493 e. The topological polar surface area (TPSA) is 67.8 Å². The summed E-state index contributed by atoms with van der Waals surface area (Å²) in [6, 6.07) is 5.44. The van der Waals surface area contributed by atoms with E-state index in [2.05, 4.69) is 5.32 Å². The van der Waals surface area contributed by atoms with Gasteiger partial charge in [0.05, 0.1) is 7.11 Å². The SMILES string of the molecule is CCC(Oc1ccc(CNC)cc1OC)C(=O)O. The van der Waals surface area contributed by atoms with E-state index >= 15 is 0 Å². The van der Waals surface area contributed by atoms with Crippen LogP contribution in [0.15, 0.2) is 18.2 Å². The van der Waals surface area contributed by atoms with Crippen molar-refractivity contribution >= 4 is 5.97 Å². The molecule has 1 atom stereocenters. The molecule has 0 radical (unpaired) electrons. The quantitative estimate of drug-likeness (QED) is 0.773. The van der Waals surface area contributed by atoms with Crippen LogP contribution in [0.25, 0.3) is 0 Å². The largest absolute Gasteiger partial charge is 0.493 e. The Kier molecular flexibility index (Phi) is 5.45. The highest BCUT2D eigenvalue weighted by atomic mass is 16.5. The molecule has 0 saturated carbocycles. The number of carboxylic acids is 1. The molecule has 100 valence electrons. The Morgan fingerprint density at radius 2 is 2.17 bits per heavy atom. The maximum absolute atomic E-state index is 10.9. The Hall–Kier alpha value is -1.75. The van der Waals surface area contributed by atoms with Crippen LogP contribution in [-0.4, -0.2) is 31.3 Å². The molecule has 5 nitrogen and oxygen atoms in total. The van der Waals surface area contributed by atoms with Crippen molar-refractivity contribution in [2.75, 3.05) is 14.2 Å². The van der Waals surface area contributed by atoms with Gasteiger partial charge in [0.2, 0.25) is 0 Å². The van der Waals surface area contributed by atoms with Gasteiger partial charge < -0.3 is 19.9 Å². The molecule has 0 aliphatic rings. The molecule has 0 aliphatic carbocycles. The van der Waals surface area contributed by atoms with Crippen LogP contribution in [0, 0.1) is 0 Å². The van der Waals surface area contributed by atoms with Crippen LogP contribution in [0.1, 0.15) is 18.9 Å². The summed E-state index contributed by atoms with van der Waals surface area (Å²) in [4.78, 5) is 10.9. The van der Waals surface area contributed by atoms with Crippen LogP contribution < -0.4 is 14.8 Å². The number of carbonyl (C=O) groups is 1. The highest BCUT2D eigenvalue weighted by molar-refractivity contribution is 5.72. The average molecular weight is 253 g/mol. The first-order valence-electron chi connectivity index (χ1n) is 5.83. The van der Waals surface area contributed by atoms with Crippen molar-refractivity contribution in [2.45, 2.75) is 26.0 Å². The lowest BCUT2D eigenvalue weighted by molar-refractivity contribution is -0.145. The fraction of sp³-hybridized carbons (Fsp3) is 0.462. The molecular weight excluding hydrogens is 234 g/mol. The fourth-order valence-electron chi connectivity index (χ4n) is 1.59. The first kappa shape index (κ1) is 14.3. The normalized spacial score (nSPS) is 11.9. The summed E-state index contributed by atoms with van der Waals surface area (Å²) in [6.45, 7) is 2.48. The second-order valence-corrected chi connectivity index (χ2v) is 3.87. The van der Waals surface area contributed by atoms with E-state index < -0.39 is 12.1 Å². The molecule has 0 fully saturated rings. The molecule has 1 unspecified atom stereocenters. The first-order valence-corrected chi connectivity index (χ1v) is 5.83. The van der Waals surface area contributed by atoms with E-state index in [0.29, 0.717) is 24.5 Å². The summed E-state index contributed by atoms with van der Waals surface area (Å²) in [6.07, 6.45) is -0.453. The summed E-state index contributed by atoms with van der Waals surface area (Å²) in [5.41, 5.74) is 1.05. The van der Waals surface area contributed by atoms with Gasteiger partial charge in [-0.1, -0.05) is 13.0 Å². The van der Waals surface area contributed by atoms with Crippen molar-refractivity contribution in [1.82, 2.24) is 5.32 Å². The van der Waals surface area contributed by atoms with E-state index in [9.17, 15) is 4.79 Å². The number of rotatable bonds is 7. The molecule has 0 amide bonds. The molecule has 0 spiro atoms. The molecule has 1 aromatic carbocycles. The maximum atomic E-state index is 10.9. The Morgan fingerprint density at radius 3 is 2.67 bits per heavy atom.